The topological polar surface area (TPSA) is 53.4 Å². The van der Waals surface area contributed by atoms with Crippen LogP contribution in [0, 0.1) is 5.92 Å². The molecule has 1 N–H and O–H groups in total. The van der Waals surface area contributed by atoms with E-state index in [2.05, 4.69) is 9.88 Å². The normalized spacial score (nSPS) is 12.6. The Hall–Kier alpha value is -1.42. The van der Waals surface area contributed by atoms with Crippen molar-refractivity contribution >= 4 is 5.97 Å². The molecule has 1 aromatic heterocycles. The highest BCUT2D eigenvalue weighted by molar-refractivity contribution is 5.69. The lowest BCUT2D eigenvalue weighted by Crippen LogP contribution is -2.33. The monoisotopic (exact) mass is 236 g/mol. The van der Waals surface area contributed by atoms with Gasteiger partial charge in [-0.2, -0.15) is 0 Å². The van der Waals surface area contributed by atoms with E-state index in [-0.39, 0.29) is 5.92 Å². The Kier molecular flexibility index (Phi) is 5.63. The van der Waals surface area contributed by atoms with Crippen LogP contribution in [0.1, 0.15) is 19.5 Å². The van der Waals surface area contributed by atoms with Gasteiger partial charge in [-0.15, -0.1) is 0 Å². The van der Waals surface area contributed by atoms with E-state index in [4.69, 9.17) is 5.11 Å². The van der Waals surface area contributed by atoms with Crippen molar-refractivity contribution in [2.75, 3.05) is 19.6 Å². The maximum absolute atomic E-state index is 10.8. The van der Waals surface area contributed by atoms with Gasteiger partial charge in [-0.3, -0.25) is 9.78 Å². The predicted molar refractivity (Wildman–Crippen MR) is 66.9 cm³/mol. The lowest BCUT2D eigenvalue weighted by atomic mass is 10.1. The summed E-state index contributed by atoms with van der Waals surface area (Å²) in [5.41, 5.74) is 1.05. The first-order chi connectivity index (χ1) is 8.13. The van der Waals surface area contributed by atoms with Gasteiger partial charge in [0.2, 0.25) is 0 Å². The SMILES string of the molecule is CCN(CCc1ccccn1)CC(C)C(=O)O. The van der Waals surface area contributed by atoms with Crippen LogP contribution >= 0.6 is 0 Å². The van der Waals surface area contributed by atoms with Crippen LogP contribution in [0.25, 0.3) is 0 Å². The summed E-state index contributed by atoms with van der Waals surface area (Å²) in [6.07, 6.45) is 2.65. The molecule has 17 heavy (non-hydrogen) atoms. The van der Waals surface area contributed by atoms with Crippen LogP contribution in [0.15, 0.2) is 24.4 Å². The number of aliphatic carboxylic acids is 1. The second-order valence-electron chi connectivity index (χ2n) is 4.20. The standard InChI is InChI=1S/C13H20N2O2/c1-3-15(10-11(2)13(16)17)9-7-12-6-4-5-8-14-12/h4-6,8,11H,3,7,9-10H2,1-2H3,(H,16,17). The van der Waals surface area contributed by atoms with E-state index in [1.54, 1.807) is 13.1 Å². The van der Waals surface area contributed by atoms with E-state index >= 15 is 0 Å². The molecule has 0 aliphatic heterocycles. The first-order valence-electron chi connectivity index (χ1n) is 5.98. The van der Waals surface area contributed by atoms with Gasteiger partial charge in [-0.05, 0) is 18.7 Å². The van der Waals surface area contributed by atoms with Gasteiger partial charge in [0.25, 0.3) is 0 Å². The maximum Gasteiger partial charge on any atom is 0.307 e. The molecule has 0 aromatic carbocycles. The third-order valence-electron chi connectivity index (χ3n) is 2.81. The highest BCUT2D eigenvalue weighted by Gasteiger charge is 2.14. The number of rotatable bonds is 7. The molecule has 4 nitrogen and oxygen atoms in total. The van der Waals surface area contributed by atoms with Crippen molar-refractivity contribution in [3.8, 4) is 0 Å². The summed E-state index contributed by atoms with van der Waals surface area (Å²) in [6, 6.07) is 5.86. The molecule has 0 fully saturated rings. The average Bonchev–Trinajstić information content (AvgIpc) is 2.35. The van der Waals surface area contributed by atoms with Crippen LogP contribution < -0.4 is 0 Å². The van der Waals surface area contributed by atoms with Crippen molar-refractivity contribution < 1.29 is 9.90 Å². The Morgan fingerprint density at radius 3 is 2.82 bits per heavy atom. The molecule has 0 bridgehead atoms. The van der Waals surface area contributed by atoms with Gasteiger partial charge < -0.3 is 10.0 Å². The number of nitrogens with zero attached hydrogens (tertiary/aromatic N) is 2. The van der Waals surface area contributed by atoms with Crippen LogP contribution in [0.4, 0.5) is 0 Å². The first-order valence-corrected chi connectivity index (χ1v) is 5.98. The summed E-state index contributed by atoms with van der Waals surface area (Å²) >= 11 is 0. The molecule has 0 radical (unpaired) electrons. The zero-order chi connectivity index (χ0) is 12.7. The van der Waals surface area contributed by atoms with Gasteiger partial charge in [0, 0.05) is 31.4 Å². The Morgan fingerprint density at radius 2 is 2.29 bits per heavy atom. The number of carboxylic acid groups (broad SMARTS) is 1. The molecular formula is C13H20N2O2. The molecule has 1 rings (SSSR count). The molecule has 1 atom stereocenters. The highest BCUT2D eigenvalue weighted by Crippen LogP contribution is 2.02. The lowest BCUT2D eigenvalue weighted by Gasteiger charge is -2.22. The van der Waals surface area contributed by atoms with E-state index in [0.717, 1.165) is 25.2 Å². The molecule has 1 unspecified atom stereocenters. The molecule has 0 spiro atoms. The minimum atomic E-state index is -0.735. The molecule has 0 aliphatic rings. The summed E-state index contributed by atoms with van der Waals surface area (Å²) in [4.78, 5) is 17.2. The lowest BCUT2D eigenvalue weighted by molar-refractivity contribution is -0.141. The summed E-state index contributed by atoms with van der Waals surface area (Å²) in [5.74, 6) is -1.06. The molecule has 4 heteroatoms. The highest BCUT2D eigenvalue weighted by atomic mass is 16.4. The third kappa shape index (κ3) is 4.95. The molecule has 0 saturated heterocycles. The summed E-state index contributed by atoms with van der Waals surface area (Å²) in [7, 11) is 0. The minimum Gasteiger partial charge on any atom is -0.481 e. The van der Waals surface area contributed by atoms with Gasteiger partial charge in [0.1, 0.15) is 0 Å². The van der Waals surface area contributed by atoms with Crippen molar-refractivity contribution in [3.05, 3.63) is 30.1 Å². The first kappa shape index (κ1) is 13.6. The second-order valence-corrected chi connectivity index (χ2v) is 4.20. The molecule has 0 amide bonds. The van der Waals surface area contributed by atoms with E-state index in [1.165, 1.54) is 0 Å². The van der Waals surface area contributed by atoms with Gasteiger partial charge in [0.05, 0.1) is 5.92 Å². The van der Waals surface area contributed by atoms with Crippen LogP contribution in [0.5, 0.6) is 0 Å². The minimum absolute atomic E-state index is 0.321. The molecule has 1 aromatic rings. The van der Waals surface area contributed by atoms with Crippen LogP contribution in [0.3, 0.4) is 0 Å². The third-order valence-corrected chi connectivity index (χ3v) is 2.81. The van der Waals surface area contributed by atoms with Crippen molar-refractivity contribution in [1.29, 1.82) is 0 Å². The summed E-state index contributed by atoms with van der Waals surface area (Å²) in [6.45, 7) is 6.10. The van der Waals surface area contributed by atoms with Crippen molar-refractivity contribution in [3.63, 3.8) is 0 Å². The van der Waals surface area contributed by atoms with Crippen molar-refractivity contribution in [2.45, 2.75) is 20.3 Å². The fraction of sp³-hybridized carbons (Fsp3) is 0.538. The quantitative estimate of drug-likeness (QED) is 0.782. The van der Waals surface area contributed by atoms with Gasteiger partial charge in [-0.25, -0.2) is 0 Å². The van der Waals surface area contributed by atoms with E-state index < -0.39 is 5.97 Å². The van der Waals surface area contributed by atoms with Crippen molar-refractivity contribution in [1.82, 2.24) is 9.88 Å². The van der Waals surface area contributed by atoms with E-state index in [9.17, 15) is 4.79 Å². The molecule has 1 heterocycles. The Labute approximate surface area is 102 Å². The second kappa shape index (κ2) is 7.01. The smallest absolute Gasteiger partial charge is 0.307 e. The van der Waals surface area contributed by atoms with Crippen LogP contribution in [-0.4, -0.2) is 40.6 Å². The number of hydrogen-bond acceptors (Lipinski definition) is 3. The fourth-order valence-corrected chi connectivity index (χ4v) is 1.66. The zero-order valence-corrected chi connectivity index (χ0v) is 10.5. The van der Waals surface area contributed by atoms with E-state index in [1.807, 2.05) is 25.1 Å². The zero-order valence-electron chi connectivity index (χ0n) is 10.5. The number of aromatic nitrogens is 1. The Morgan fingerprint density at radius 1 is 1.53 bits per heavy atom. The van der Waals surface area contributed by atoms with E-state index in [0.29, 0.717) is 6.54 Å². The fourth-order valence-electron chi connectivity index (χ4n) is 1.66. The molecular weight excluding hydrogens is 216 g/mol. The van der Waals surface area contributed by atoms with Crippen LogP contribution in [-0.2, 0) is 11.2 Å². The van der Waals surface area contributed by atoms with Crippen LogP contribution in [0.2, 0.25) is 0 Å². The van der Waals surface area contributed by atoms with Crippen molar-refractivity contribution in [2.24, 2.45) is 5.92 Å². The van der Waals surface area contributed by atoms with Gasteiger partial charge in [-0.1, -0.05) is 19.9 Å². The number of carboxylic acids is 1. The predicted octanol–water partition coefficient (Wildman–Crippen LogP) is 1.67. The van der Waals surface area contributed by atoms with Gasteiger partial charge >= 0.3 is 5.97 Å². The average molecular weight is 236 g/mol. The number of likely N-dealkylation sites (N-methyl/N-ethyl adjacent to an activating group) is 1. The molecule has 94 valence electrons. The number of carbonyl (C=O) groups is 1. The largest absolute Gasteiger partial charge is 0.481 e. The Bertz CT molecular complexity index is 341. The Balaban J connectivity index is 2.40. The number of hydrogen-bond donors (Lipinski definition) is 1. The van der Waals surface area contributed by atoms with Gasteiger partial charge in [0.15, 0.2) is 0 Å². The molecule has 0 saturated carbocycles. The molecule has 0 aliphatic carbocycles. The summed E-state index contributed by atoms with van der Waals surface area (Å²) in [5, 5.41) is 8.87. The maximum atomic E-state index is 10.8. The summed E-state index contributed by atoms with van der Waals surface area (Å²) < 4.78 is 0. The number of pyridine rings is 1.